The molecule has 6 aromatic carbocycles. The lowest BCUT2D eigenvalue weighted by Gasteiger charge is -2.11. The van der Waals surface area contributed by atoms with Crippen molar-refractivity contribution >= 4 is 43.7 Å². The van der Waals surface area contributed by atoms with Gasteiger partial charge in [0.2, 0.25) is 0 Å². The van der Waals surface area contributed by atoms with Gasteiger partial charge in [0, 0.05) is 43.9 Å². The average Bonchev–Trinajstić information content (AvgIpc) is 3.64. The molecule has 3 heterocycles. The molecular weight excluding hydrogens is 538 g/mol. The number of benzene rings is 6. The van der Waals surface area contributed by atoms with Crippen molar-refractivity contribution in [3.05, 3.63) is 152 Å². The highest BCUT2D eigenvalue weighted by Crippen LogP contribution is 2.35. The first kappa shape index (κ1) is 24.6. The Kier molecular flexibility index (Phi) is 5.47. The molecule has 4 heteroatoms. The van der Waals surface area contributed by atoms with Crippen LogP contribution in [0.2, 0.25) is 0 Å². The van der Waals surface area contributed by atoms with Gasteiger partial charge >= 0.3 is 0 Å². The predicted octanol–water partition coefficient (Wildman–Crippen LogP) is 10.5. The van der Waals surface area contributed by atoms with Crippen LogP contribution in [0.1, 0.15) is 0 Å². The molecule has 0 aliphatic carbocycles. The van der Waals surface area contributed by atoms with Crippen LogP contribution in [0.5, 0.6) is 0 Å². The fraction of sp³-hybridized carbons (Fsp3) is 0. The van der Waals surface area contributed by atoms with Crippen LogP contribution >= 0.6 is 0 Å². The fourth-order valence-electron chi connectivity index (χ4n) is 6.33. The summed E-state index contributed by atoms with van der Waals surface area (Å²) in [5.74, 6) is 0.680. The Labute approximate surface area is 253 Å². The monoisotopic (exact) mass is 563 g/mol. The molecule has 0 aliphatic heterocycles. The second-order valence-electron chi connectivity index (χ2n) is 11.1. The van der Waals surface area contributed by atoms with Crippen LogP contribution in [0.4, 0.5) is 0 Å². The number of nitrogens with zero attached hydrogens (tertiary/aromatic N) is 3. The Morgan fingerprint density at radius 1 is 0.409 bits per heavy atom. The van der Waals surface area contributed by atoms with Gasteiger partial charge in [-0.1, -0.05) is 91.0 Å². The van der Waals surface area contributed by atoms with Gasteiger partial charge in [-0.25, -0.2) is 9.97 Å². The van der Waals surface area contributed by atoms with Crippen molar-refractivity contribution in [1.29, 1.82) is 0 Å². The molecule has 0 atom stereocenters. The molecule has 0 N–H and O–H groups in total. The molecule has 0 saturated heterocycles. The van der Waals surface area contributed by atoms with Crippen LogP contribution in [0.15, 0.2) is 156 Å². The van der Waals surface area contributed by atoms with Crippen LogP contribution in [-0.2, 0) is 0 Å². The van der Waals surface area contributed by atoms with E-state index in [0.29, 0.717) is 5.82 Å². The summed E-state index contributed by atoms with van der Waals surface area (Å²) in [6.07, 6.45) is 0. The molecule has 206 valence electrons. The van der Waals surface area contributed by atoms with E-state index in [2.05, 4.69) is 120 Å². The Bertz CT molecular complexity index is 2430. The molecule has 9 rings (SSSR count). The highest BCUT2D eigenvalue weighted by Gasteiger charge is 2.15. The van der Waals surface area contributed by atoms with Gasteiger partial charge in [-0.15, -0.1) is 0 Å². The van der Waals surface area contributed by atoms with Crippen molar-refractivity contribution in [2.75, 3.05) is 0 Å². The zero-order valence-corrected chi connectivity index (χ0v) is 23.7. The van der Waals surface area contributed by atoms with E-state index >= 15 is 0 Å². The number of para-hydroxylation sites is 3. The summed E-state index contributed by atoms with van der Waals surface area (Å²) in [6, 6.07) is 52.5. The highest BCUT2D eigenvalue weighted by atomic mass is 16.3. The summed E-state index contributed by atoms with van der Waals surface area (Å²) >= 11 is 0. The second-order valence-corrected chi connectivity index (χ2v) is 11.1. The molecule has 9 aromatic rings. The van der Waals surface area contributed by atoms with E-state index < -0.39 is 0 Å². The van der Waals surface area contributed by atoms with Gasteiger partial charge < -0.3 is 8.98 Å². The summed E-state index contributed by atoms with van der Waals surface area (Å²) in [4.78, 5) is 10.1. The maximum absolute atomic E-state index is 6.21. The number of fused-ring (bicyclic) bond motifs is 6. The van der Waals surface area contributed by atoms with Crippen molar-refractivity contribution in [3.8, 4) is 39.6 Å². The number of hydrogen-bond acceptors (Lipinski definition) is 3. The smallest absolute Gasteiger partial charge is 0.160 e. The first-order valence-electron chi connectivity index (χ1n) is 14.8. The molecule has 0 unspecified atom stereocenters. The Balaban J connectivity index is 1.18. The van der Waals surface area contributed by atoms with E-state index in [1.807, 2.05) is 36.4 Å². The van der Waals surface area contributed by atoms with E-state index in [1.54, 1.807) is 0 Å². The summed E-state index contributed by atoms with van der Waals surface area (Å²) in [5, 5.41) is 4.71. The van der Waals surface area contributed by atoms with Crippen LogP contribution in [0, 0.1) is 0 Å². The lowest BCUT2D eigenvalue weighted by molar-refractivity contribution is 0.669. The Morgan fingerprint density at radius 3 is 1.70 bits per heavy atom. The standard InChI is InChI=1S/C40H25N3O/c1-2-10-26(11-3-1)34-25-35(28-20-23-33-32-14-6-9-17-38(32)44-39(33)24-28)42-40(41-34)27-18-21-29(22-19-27)43-36-15-7-4-12-30(36)31-13-5-8-16-37(31)43/h1-25H. The number of hydrogen-bond donors (Lipinski definition) is 0. The van der Waals surface area contributed by atoms with Crippen LogP contribution in [-0.4, -0.2) is 14.5 Å². The van der Waals surface area contributed by atoms with Crippen molar-refractivity contribution < 1.29 is 4.42 Å². The van der Waals surface area contributed by atoms with E-state index in [0.717, 1.165) is 55.7 Å². The lowest BCUT2D eigenvalue weighted by Crippen LogP contribution is -1.97. The molecule has 3 aromatic heterocycles. The zero-order chi connectivity index (χ0) is 29.0. The maximum Gasteiger partial charge on any atom is 0.160 e. The largest absolute Gasteiger partial charge is 0.456 e. The zero-order valence-electron chi connectivity index (χ0n) is 23.7. The lowest BCUT2D eigenvalue weighted by atomic mass is 10.0. The van der Waals surface area contributed by atoms with Crippen molar-refractivity contribution in [2.45, 2.75) is 0 Å². The molecular formula is C40H25N3O. The SMILES string of the molecule is c1ccc(-c2cc(-c3ccc4c(c3)oc3ccccc34)nc(-c3ccc(-n4c5ccccc5c5ccccc54)cc3)n2)cc1. The summed E-state index contributed by atoms with van der Waals surface area (Å²) in [5.41, 5.74) is 9.92. The van der Waals surface area contributed by atoms with Crippen LogP contribution < -0.4 is 0 Å². The first-order valence-corrected chi connectivity index (χ1v) is 14.8. The number of aromatic nitrogens is 3. The minimum absolute atomic E-state index is 0.680. The van der Waals surface area contributed by atoms with Gasteiger partial charge in [-0.3, -0.25) is 0 Å². The summed E-state index contributed by atoms with van der Waals surface area (Å²) < 4.78 is 8.53. The quantitative estimate of drug-likeness (QED) is 0.214. The Morgan fingerprint density at radius 2 is 0.977 bits per heavy atom. The fourth-order valence-corrected chi connectivity index (χ4v) is 6.33. The maximum atomic E-state index is 6.21. The van der Waals surface area contributed by atoms with Gasteiger partial charge in [0.25, 0.3) is 0 Å². The van der Waals surface area contributed by atoms with Crippen LogP contribution in [0.3, 0.4) is 0 Å². The molecule has 4 nitrogen and oxygen atoms in total. The van der Waals surface area contributed by atoms with E-state index in [9.17, 15) is 0 Å². The predicted molar refractivity (Wildman–Crippen MR) is 180 cm³/mol. The van der Waals surface area contributed by atoms with Gasteiger partial charge in [0.05, 0.1) is 22.4 Å². The van der Waals surface area contributed by atoms with Gasteiger partial charge in [-0.05, 0) is 60.7 Å². The minimum atomic E-state index is 0.680. The highest BCUT2D eigenvalue weighted by molar-refractivity contribution is 6.09. The molecule has 0 fully saturated rings. The molecule has 44 heavy (non-hydrogen) atoms. The molecule has 0 saturated carbocycles. The van der Waals surface area contributed by atoms with Crippen LogP contribution in [0.25, 0.3) is 83.3 Å². The molecule has 0 spiro atoms. The first-order chi connectivity index (χ1) is 21.8. The van der Waals surface area contributed by atoms with Crippen molar-refractivity contribution in [2.24, 2.45) is 0 Å². The Hall–Kier alpha value is -6.00. The van der Waals surface area contributed by atoms with Crippen molar-refractivity contribution in [3.63, 3.8) is 0 Å². The van der Waals surface area contributed by atoms with E-state index in [4.69, 9.17) is 14.4 Å². The third kappa shape index (κ3) is 3.92. The molecule has 0 bridgehead atoms. The van der Waals surface area contributed by atoms with Gasteiger partial charge in [-0.2, -0.15) is 0 Å². The van der Waals surface area contributed by atoms with E-state index in [-0.39, 0.29) is 0 Å². The summed E-state index contributed by atoms with van der Waals surface area (Å²) in [6.45, 7) is 0. The second kappa shape index (κ2) is 9.79. The topological polar surface area (TPSA) is 43.9 Å². The van der Waals surface area contributed by atoms with Crippen molar-refractivity contribution in [1.82, 2.24) is 14.5 Å². The summed E-state index contributed by atoms with van der Waals surface area (Å²) in [7, 11) is 0. The molecule has 0 aliphatic rings. The third-order valence-corrected chi connectivity index (χ3v) is 8.43. The third-order valence-electron chi connectivity index (χ3n) is 8.43. The number of rotatable bonds is 4. The van der Waals surface area contributed by atoms with Gasteiger partial charge in [0.15, 0.2) is 5.82 Å². The van der Waals surface area contributed by atoms with E-state index in [1.165, 1.54) is 21.8 Å². The average molecular weight is 564 g/mol. The molecule has 0 amide bonds. The molecule has 0 radical (unpaired) electrons. The number of furan rings is 1. The van der Waals surface area contributed by atoms with Gasteiger partial charge in [0.1, 0.15) is 11.2 Å². The minimum Gasteiger partial charge on any atom is -0.456 e. The normalized spacial score (nSPS) is 11.6.